The van der Waals surface area contributed by atoms with Crippen molar-refractivity contribution >= 4 is 34.2 Å². The van der Waals surface area contributed by atoms with Gasteiger partial charge in [0.1, 0.15) is 11.0 Å². The van der Waals surface area contributed by atoms with Gasteiger partial charge < -0.3 is 0 Å². The Kier molecular flexibility index (Phi) is 5.84. The van der Waals surface area contributed by atoms with E-state index in [9.17, 15) is 0 Å². The SMILES string of the molecule is CC(C)Cc1nc(CCC(C)(C)C)nc(Cl)c1I. The van der Waals surface area contributed by atoms with Crippen molar-refractivity contribution in [1.29, 1.82) is 0 Å². The maximum Gasteiger partial charge on any atom is 0.146 e. The van der Waals surface area contributed by atoms with Gasteiger partial charge in [0, 0.05) is 6.42 Å². The summed E-state index contributed by atoms with van der Waals surface area (Å²) in [6.45, 7) is 11.1. The summed E-state index contributed by atoms with van der Waals surface area (Å²) in [6, 6.07) is 0. The Morgan fingerprint density at radius 2 is 1.83 bits per heavy atom. The van der Waals surface area contributed by atoms with Gasteiger partial charge >= 0.3 is 0 Å². The molecule has 0 unspecified atom stereocenters. The van der Waals surface area contributed by atoms with Crippen LogP contribution in [-0.2, 0) is 12.8 Å². The van der Waals surface area contributed by atoms with Crippen LogP contribution in [0.15, 0.2) is 0 Å². The van der Waals surface area contributed by atoms with Crippen LogP contribution in [0.1, 0.15) is 52.6 Å². The summed E-state index contributed by atoms with van der Waals surface area (Å²) in [4.78, 5) is 9.06. The highest BCUT2D eigenvalue weighted by Crippen LogP contribution is 2.24. The minimum atomic E-state index is 0.303. The van der Waals surface area contributed by atoms with Gasteiger partial charge in [-0.05, 0) is 46.8 Å². The Labute approximate surface area is 129 Å². The van der Waals surface area contributed by atoms with E-state index in [1.54, 1.807) is 0 Å². The molecule has 0 N–H and O–H groups in total. The van der Waals surface area contributed by atoms with Gasteiger partial charge in [0.25, 0.3) is 0 Å². The molecule has 0 amide bonds. The lowest BCUT2D eigenvalue weighted by molar-refractivity contribution is 0.374. The molecule has 0 atom stereocenters. The van der Waals surface area contributed by atoms with Gasteiger partial charge in [-0.25, -0.2) is 9.97 Å². The molecule has 1 rings (SSSR count). The normalized spacial score (nSPS) is 12.2. The second-order valence-corrected chi connectivity index (χ2v) is 7.79. The monoisotopic (exact) mass is 380 g/mol. The number of nitrogens with zero attached hydrogens (tertiary/aromatic N) is 2. The fraction of sp³-hybridized carbons (Fsp3) is 0.714. The molecule has 18 heavy (non-hydrogen) atoms. The first-order chi connectivity index (χ1) is 8.19. The summed E-state index contributed by atoms with van der Waals surface area (Å²) >= 11 is 8.44. The number of aromatic nitrogens is 2. The highest BCUT2D eigenvalue weighted by molar-refractivity contribution is 14.1. The number of halogens is 2. The van der Waals surface area contributed by atoms with Gasteiger partial charge in [-0.1, -0.05) is 46.2 Å². The third kappa shape index (κ3) is 5.39. The van der Waals surface area contributed by atoms with Crippen LogP contribution in [0.2, 0.25) is 5.15 Å². The lowest BCUT2D eigenvalue weighted by Gasteiger charge is -2.17. The largest absolute Gasteiger partial charge is 0.237 e. The minimum absolute atomic E-state index is 0.303. The van der Waals surface area contributed by atoms with Crippen LogP contribution < -0.4 is 0 Å². The van der Waals surface area contributed by atoms with E-state index in [4.69, 9.17) is 11.6 Å². The number of aryl methyl sites for hydroxylation is 1. The lowest BCUT2D eigenvalue weighted by Crippen LogP contribution is -2.11. The summed E-state index contributed by atoms with van der Waals surface area (Å²) in [5, 5.41) is 0.602. The van der Waals surface area contributed by atoms with E-state index >= 15 is 0 Å². The third-order valence-electron chi connectivity index (χ3n) is 2.63. The molecule has 0 saturated carbocycles. The standard InChI is InChI=1S/C14H22ClIN2/c1-9(2)8-10-12(16)13(15)18-11(17-10)6-7-14(3,4)5/h9H,6-8H2,1-5H3. The summed E-state index contributed by atoms with van der Waals surface area (Å²) in [6.07, 6.45) is 2.93. The van der Waals surface area contributed by atoms with Crippen LogP contribution in [0.4, 0.5) is 0 Å². The Morgan fingerprint density at radius 3 is 2.33 bits per heavy atom. The van der Waals surface area contributed by atoms with Crippen molar-refractivity contribution < 1.29 is 0 Å². The number of hydrogen-bond acceptors (Lipinski definition) is 2. The molecule has 0 aliphatic heterocycles. The van der Waals surface area contributed by atoms with E-state index in [0.717, 1.165) is 34.4 Å². The Hall–Kier alpha value is 0.100. The van der Waals surface area contributed by atoms with E-state index in [-0.39, 0.29) is 0 Å². The molecule has 0 saturated heterocycles. The molecule has 1 aromatic rings. The van der Waals surface area contributed by atoms with Gasteiger partial charge in [-0.3, -0.25) is 0 Å². The third-order valence-corrected chi connectivity index (χ3v) is 4.35. The van der Waals surface area contributed by atoms with E-state index in [1.165, 1.54) is 0 Å². The van der Waals surface area contributed by atoms with Crippen LogP contribution in [0.3, 0.4) is 0 Å². The molecular formula is C14H22ClIN2. The Balaban J connectivity index is 2.90. The molecular weight excluding hydrogens is 359 g/mol. The summed E-state index contributed by atoms with van der Waals surface area (Å²) in [5.74, 6) is 1.46. The molecule has 0 radical (unpaired) electrons. The van der Waals surface area contributed by atoms with Crippen LogP contribution in [0.25, 0.3) is 0 Å². The Morgan fingerprint density at radius 1 is 1.22 bits per heavy atom. The predicted molar refractivity (Wildman–Crippen MR) is 86.1 cm³/mol. The van der Waals surface area contributed by atoms with Gasteiger partial charge in [-0.15, -0.1) is 0 Å². The first-order valence-electron chi connectivity index (χ1n) is 6.40. The molecule has 0 aliphatic carbocycles. The van der Waals surface area contributed by atoms with Crippen molar-refractivity contribution in [2.75, 3.05) is 0 Å². The maximum absolute atomic E-state index is 6.19. The van der Waals surface area contributed by atoms with E-state index in [2.05, 4.69) is 67.2 Å². The number of rotatable bonds is 4. The molecule has 0 aromatic carbocycles. The van der Waals surface area contributed by atoms with Gasteiger partial charge in [-0.2, -0.15) is 0 Å². The van der Waals surface area contributed by atoms with Crippen molar-refractivity contribution in [2.45, 2.75) is 53.9 Å². The van der Waals surface area contributed by atoms with Crippen molar-refractivity contribution in [3.05, 3.63) is 20.2 Å². The topological polar surface area (TPSA) is 25.8 Å². The van der Waals surface area contributed by atoms with Crippen molar-refractivity contribution in [1.82, 2.24) is 9.97 Å². The lowest BCUT2D eigenvalue weighted by atomic mass is 9.90. The molecule has 1 aromatic heterocycles. The van der Waals surface area contributed by atoms with Crippen molar-refractivity contribution in [3.8, 4) is 0 Å². The van der Waals surface area contributed by atoms with E-state index in [0.29, 0.717) is 16.5 Å². The van der Waals surface area contributed by atoms with Gasteiger partial charge in [0.2, 0.25) is 0 Å². The zero-order valence-corrected chi connectivity index (χ0v) is 14.8. The average molecular weight is 381 g/mol. The fourth-order valence-electron chi connectivity index (χ4n) is 1.63. The van der Waals surface area contributed by atoms with Gasteiger partial charge in [0.15, 0.2) is 0 Å². The van der Waals surface area contributed by atoms with Crippen LogP contribution in [0, 0.1) is 14.9 Å². The van der Waals surface area contributed by atoms with Crippen LogP contribution >= 0.6 is 34.2 Å². The molecule has 1 heterocycles. The highest BCUT2D eigenvalue weighted by atomic mass is 127. The zero-order chi connectivity index (χ0) is 13.9. The second kappa shape index (κ2) is 6.51. The first kappa shape index (κ1) is 16.2. The number of hydrogen-bond donors (Lipinski definition) is 0. The van der Waals surface area contributed by atoms with Gasteiger partial charge in [0.05, 0.1) is 9.26 Å². The molecule has 0 aliphatic rings. The average Bonchev–Trinajstić information content (AvgIpc) is 2.20. The van der Waals surface area contributed by atoms with Crippen molar-refractivity contribution in [2.24, 2.45) is 11.3 Å². The Bertz CT molecular complexity index is 411. The highest BCUT2D eigenvalue weighted by Gasteiger charge is 2.15. The molecule has 0 bridgehead atoms. The maximum atomic E-state index is 6.19. The predicted octanol–water partition coefficient (Wildman–Crippen LogP) is 4.91. The van der Waals surface area contributed by atoms with Crippen LogP contribution in [0.5, 0.6) is 0 Å². The second-order valence-electron chi connectivity index (χ2n) is 6.35. The summed E-state index contributed by atoms with van der Waals surface area (Å²) in [7, 11) is 0. The fourth-order valence-corrected chi connectivity index (χ4v) is 2.30. The molecule has 0 spiro atoms. The summed E-state index contributed by atoms with van der Waals surface area (Å²) < 4.78 is 1.00. The minimum Gasteiger partial charge on any atom is -0.237 e. The smallest absolute Gasteiger partial charge is 0.146 e. The molecule has 4 heteroatoms. The summed E-state index contributed by atoms with van der Waals surface area (Å²) in [5.41, 5.74) is 1.39. The van der Waals surface area contributed by atoms with Crippen LogP contribution in [-0.4, -0.2) is 9.97 Å². The molecule has 2 nitrogen and oxygen atoms in total. The van der Waals surface area contributed by atoms with E-state index in [1.807, 2.05) is 0 Å². The van der Waals surface area contributed by atoms with E-state index < -0.39 is 0 Å². The molecule has 0 fully saturated rings. The first-order valence-corrected chi connectivity index (χ1v) is 7.85. The van der Waals surface area contributed by atoms with Crippen molar-refractivity contribution in [3.63, 3.8) is 0 Å². The quantitative estimate of drug-likeness (QED) is 0.548. The zero-order valence-electron chi connectivity index (χ0n) is 11.8. The molecule has 102 valence electrons.